The molecular formula is C14H19ClN2O4. The van der Waals surface area contributed by atoms with Gasteiger partial charge in [0.15, 0.2) is 0 Å². The average molecular weight is 315 g/mol. The molecule has 7 heteroatoms. The average Bonchev–Trinajstić information content (AvgIpc) is 2.41. The fourth-order valence-electron chi connectivity index (χ4n) is 1.94. The van der Waals surface area contributed by atoms with Gasteiger partial charge in [0.1, 0.15) is 0 Å². The summed E-state index contributed by atoms with van der Waals surface area (Å²) in [5.74, 6) is -1.68. The van der Waals surface area contributed by atoms with Gasteiger partial charge in [-0.15, -0.1) is 0 Å². The monoisotopic (exact) mass is 314 g/mol. The molecule has 0 aromatic heterocycles. The van der Waals surface area contributed by atoms with E-state index in [4.69, 9.17) is 21.8 Å². The molecule has 1 aromatic carbocycles. The third-order valence-corrected chi connectivity index (χ3v) is 3.19. The minimum absolute atomic E-state index is 0.0204. The van der Waals surface area contributed by atoms with Gasteiger partial charge in [-0.25, -0.2) is 0 Å². The predicted molar refractivity (Wildman–Crippen MR) is 80.3 cm³/mol. The van der Waals surface area contributed by atoms with E-state index in [0.717, 1.165) is 16.0 Å². The van der Waals surface area contributed by atoms with Crippen LogP contribution in [0.1, 0.15) is 11.1 Å². The molecule has 0 aliphatic heterocycles. The number of nitrogens with zero attached hydrogens (tertiary/aromatic N) is 1. The van der Waals surface area contributed by atoms with Crippen molar-refractivity contribution in [1.82, 2.24) is 4.90 Å². The highest BCUT2D eigenvalue weighted by Crippen LogP contribution is 2.27. The minimum Gasteiger partial charge on any atom is -0.395 e. The predicted octanol–water partition coefficient (Wildman–Crippen LogP) is 0.709. The summed E-state index contributed by atoms with van der Waals surface area (Å²) in [4.78, 5) is 25.0. The van der Waals surface area contributed by atoms with Crippen LogP contribution in [-0.2, 0) is 9.59 Å². The van der Waals surface area contributed by atoms with Crippen LogP contribution in [0.4, 0.5) is 5.69 Å². The van der Waals surface area contributed by atoms with Gasteiger partial charge in [0.2, 0.25) is 0 Å². The Labute approximate surface area is 128 Å². The molecule has 0 atom stereocenters. The Bertz CT molecular complexity index is 505. The Hall–Kier alpha value is -1.63. The molecule has 0 aliphatic rings. The summed E-state index contributed by atoms with van der Waals surface area (Å²) in [6, 6.07) is 3.53. The normalized spacial score (nSPS) is 10.3. The van der Waals surface area contributed by atoms with Gasteiger partial charge in [-0.2, -0.15) is 0 Å². The van der Waals surface area contributed by atoms with Crippen molar-refractivity contribution in [3.05, 3.63) is 28.3 Å². The number of carbonyl (C=O) groups excluding carboxylic acids is 2. The maximum Gasteiger partial charge on any atom is 0.313 e. The number of aliphatic hydroxyl groups is 2. The molecule has 0 saturated carbocycles. The number of hydrogen-bond acceptors (Lipinski definition) is 4. The third-order valence-electron chi connectivity index (χ3n) is 2.89. The van der Waals surface area contributed by atoms with E-state index in [2.05, 4.69) is 5.32 Å². The van der Waals surface area contributed by atoms with E-state index < -0.39 is 11.8 Å². The van der Waals surface area contributed by atoms with Crippen molar-refractivity contribution in [2.75, 3.05) is 31.6 Å². The van der Waals surface area contributed by atoms with Gasteiger partial charge in [-0.05, 0) is 31.0 Å². The van der Waals surface area contributed by atoms with E-state index in [0.29, 0.717) is 10.7 Å². The summed E-state index contributed by atoms with van der Waals surface area (Å²) in [6.45, 7) is 3.03. The van der Waals surface area contributed by atoms with Crippen LogP contribution in [0.15, 0.2) is 12.1 Å². The van der Waals surface area contributed by atoms with Crippen molar-refractivity contribution in [2.45, 2.75) is 13.8 Å². The molecule has 0 heterocycles. The van der Waals surface area contributed by atoms with E-state index in [9.17, 15) is 9.59 Å². The van der Waals surface area contributed by atoms with Crippen molar-refractivity contribution >= 4 is 29.1 Å². The van der Waals surface area contributed by atoms with Crippen molar-refractivity contribution in [1.29, 1.82) is 0 Å². The van der Waals surface area contributed by atoms with Crippen molar-refractivity contribution in [3.8, 4) is 0 Å². The molecule has 1 aromatic rings. The Morgan fingerprint density at radius 2 is 1.76 bits per heavy atom. The van der Waals surface area contributed by atoms with Crippen LogP contribution in [-0.4, -0.2) is 53.2 Å². The molecular weight excluding hydrogens is 296 g/mol. The lowest BCUT2D eigenvalue weighted by atomic mass is 10.1. The summed E-state index contributed by atoms with van der Waals surface area (Å²) in [5, 5.41) is 20.6. The number of aliphatic hydroxyl groups excluding tert-OH is 2. The molecule has 2 amide bonds. The lowest BCUT2D eigenvalue weighted by molar-refractivity contribution is -0.143. The van der Waals surface area contributed by atoms with E-state index in [1.165, 1.54) is 0 Å². The molecule has 0 radical (unpaired) electrons. The zero-order valence-electron chi connectivity index (χ0n) is 12.0. The van der Waals surface area contributed by atoms with Gasteiger partial charge in [0.05, 0.1) is 23.9 Å². The van der Waals surface area contributed by atoms with Crippen LogP contribution in [0.5, 0.6) is 0 Å². The highest BCUT2D eigenvalue weighted by atomic mass is 35.5. The first-order chi connectivity index (χ1) is 9.90. The fourth-order valence-corrected chi connectivity index (χ4v) is 2.31. The number of anilines is 1. The van der Waals surface area contributed by atoms with Crippen LogP contribution in [0.25, 0.3) is 0 Å². The van der Waals surface area contributed by atoms with Gasteiger partial charge in [-0.3, -0.25) is 9.59 Å². The zero-order valence-corrected chi connectivity index (χ0v) is 12.8. The largest absolute Gasteiger partial charge is 0.395 e. The lowest BCUT2D eigenvalue weighted by Gasteiger charge is -2.20. The minimum atomic E-state index is -0.856. The molecule has 3 N–H and O–H groups in total. The zero-order chi connectivity index (χ0) is 16.0. The smallest absolute Gasteiger partial charge is 0.313 e. The molecule has 6 nitrogen and oxygen atoms in total. The van der Waals surface area contributed by atoms with Gasteiger partial charge in [-0.1, -0.05) is 17.7 Å². The summed E-state index contributed by atoms with van der Waals surface area (Å²) in [6.07, 6.45) is 0. The molecule has 0 unspecified atom stereocenters. The second-order valence-electron chi connectivity index (χ2n) is 4.63. The number of nitrogens with one attached hydrogen (secondary N) is 1. The van der Waals surface area contributed by atoms with Gasteiger partial charge in [0.25, 0.3) is 0 Å². The Morgan fingerprint density at radius 1 is 1.19 bits per heavy atom. The van der Waals surface area contributed by atoms with E-state index in [1.807, 2.05) is 13.0 Å². The SMILES string of the molecule is Cc1cc(C)c(NC(=O)C(=O)N(CCO)CCO)c(Cl)c1. The standard InChI is InChI=1S/C14H19ClN2O4/c1-9-7-10(2)12(11(15)8-9)16-13(20)14(21)17(3-5-18)4-6-19/h7-8,18-19H,3-6H2,1-2H3,(H,16,20). The molecule has 116 valence electrons. The van der Waals surface area contributed by atoms with Crippen molar-refractivity contribution in [2.24, 2.45) is 0 Å². The number of amides is 2. The Morgan fingerprint density at radius 3 is 2.24 bits per heavy atom. The maximum absolute atomic E-state index is 12.0. The van der Waals surface area contributed by atoms with Crippen molar-refractivity contribution < 1.29 is 19.8 Å². The van der Waals surface area contributed by atoms with Crippen LogP contribution >= 0.6 is 11.6 Å². The van der Waals surface area contributed by atoms with E-state index >= 15 is 0 Å². The Balaban J connectivity index is 2.87. The van der Waals surface area contributed by atoms with E-state index in [1.54, 1.807) is 13.0 Å². The molecule has 21 heavy (non-hydrogen) atoms. The number of benzene rings is 1. The van der Waals surface area contributed by atoms with Gasteiger partial charge in [0, 0.05) is 13.1 Å². The first-order valence-corrected chi connectivity index (χ1v) is 6.87. The highest BCUT2D eigenvalue weighted by Gasteiger charge is 2.22. The fraction of sp³-hybridized carbons (Fsp3) is 0.429. The summed E-state index contributed by atoms with van der Waals surface area (Å²) >= 11 is 6.07. The number of hydrogen-bond donors (Lipinski definition) is 3. The van der Waals surface area contributed by atoms with Crippen LogP contribution in [0.2, 0.25) is 5.02 Å². The highest BCUT2D eigenvalue weighted by molar-refractivity contribution is 6.41. The lowest BCUT2D eigenvalue weighted by Crippen LogP contribution is -2.42. The molecule has 0 saturated heterocycles. The molecule has 0 bridgehead atoms. The number of carbonyl (C=O) groups is 2. The van der Waals surface area contributed by atoms with Gasteiger partial charge < -0.3 is 20.4 Å². The summed E-state index contributed by atoms with van der Waals surface area (Å²) < 4.78 is 0. The van der Waals surface area contributed by atoms with Crippen LogP contribution < -0.4 is 5.32 Å². The topological polar surface area (TPSA) is 89.9 Å². The van der Waals surface area contributed by atoms with Crippen LogP contribution in [0, 0.1) is 13.8 Å². The van der Waals surface area contributed by atoms with Crippen LogP contribution in [0.3, 0.4) is 0 Å². The Kier molecular flexibility index (Phi) is 6.61. The number of rotatable bonds is 5. The second-order valence-corrected chi connectivity index (χ2v) is 5.04. The summed E-state index contributed by atoms with van der Waals surface area (Å²) in [7, 11) is 0. The quantitative estimate of drug-likeness (QED) is 0.698. The summed E-state index contributed by atoms with van der Waals surface area (Å²) in [5.41, 5.74) is 2.08. The molecule has 1 rings (SSSR count). The number of aryl methyl sites for hydroxylation is 2. The number of halogens is 1. The van der Waals surface area contributed by atoms with E-state index in [-0.39, 0.29) is 26.3 Å². The van der Waals surface area contributed by atoms with Crippen molar-refractivity contribution in [3.63, 3.8) is 0 Å². The third kappa shape index (κ3) is 4.70. The first kappa shape index (κ1) is 17.4. The van der Waals surface area contributed by atoms with Gasteiger partial charge >= 0.3 is 11.8 Å². The molecule has 0 spiro atoms. The maximum atomic E-state index is 12.0. The second kappa shape index (κ2) is 7.97. The molecule has 0 aliphatic carbocycles. The first-order valence-electron chi connectivity index (χ1n) is 6.49. The molecule has 0 fully saturated rings.